The molecule has 0 aromatic carbocycles. The van der Waals surface area contributed by atoms with Gasteiger partial charge in [-0.3, -0.25) is 13.8 Å². The smallest absolute Gasteiger partial charge is 0.417 e. The van der Waals surface area contributed by atoms with E-state index < -0.39 is 23.7 Å². The zero-order chi connectivity index (χ0) is 27.4. The van der Waals surface area contributed by atoms with Gasteiger partial charge in [0.2, 0.25) is 5.88 Å². The van der Waals surface area contributed by atoms with E-state index in [1.807, 2.05) is 0 Å². The van der Waals surface area contributed by atoms with Crippen LogP contribution in [0.15, 0.2) is 18.6 Å². The molecule has 0 bridgehead atoms. The van der Waals surface area contributed by atoms with Gasteiger partial charge in [0.25, 0.3) is 5.91 Å². The molecule has 1 N–H and O–H groups in total. The van der Waals surface area contributed by atoms with Gasteiger partial charge in [0, 0.05) is 41.8 Å². The lowest BCUT2D eigenvalue weighted by Gasteiger charge is -2.29. The number of aryl methyl sites for hydroxylation is 1. The van der Waals surface area contributed by atoms with E-state index in [0.29, 0.717) is 63.5 Å². The van der Waals surface area contributed by atoms with Crippen molar-refractivity contribution in [1.82, 2.24) is 23.8 Å². The zero-order valence-corrected chi connectivity index (χ0v) is 23.3. The second-order valence-electron chi connectivity index (χ2n) is 10.0. The maximum atomic E-state index is 14.5. The molecule has 13 heteroatoms. The number of imide groups is 1. The summed E-state index contributed by atoms with van der Waals surface area (Å²) in [6.07, 6.45) is 2.35. The van der Waals surface area contributed by atoms with Crippen molar-refractivity contribution in [2.75, 3.05) is 13.7 Å². The van der Waals surface area contributed by atoms with E-state index in [2.05, 4.69) is 24.2 Å². The Morgan fingerprint density at radius 3 is 2.66 bits per heavy atom. The van der Waals surface area contributed by atoms with E-state index >= 15 is 0 Å². The highest BCUT2D eigenvalue weighted by molar-refractivity contribution is 7.92. The first-order valence-electron chi connectivity index (χ1n) is 12.0. The van der Waals surface area contributed by atoms with Crippen LogP contribution in [0.5, 0.6) is 5.88 Å². The molecule has 0 fully saturated rings. The highest BCUT2D eigenvalue weighted by Crippen LogP contribution is 2.43. The summed E-state index contributed by atoms with van der Waals surface area (Å²) in [5, 5.41) is 11.7. The van der Waals surface area contributed by atoms with Gasteiger partial charge in [0.05, 0.1) is 29.8 Å². The number of hydrogen-bond donors (Lipinski definition) is 1. The average molecular weight is 560 g/mol. The van der Waals surface area contributed by atoms with E-state index in [1.165, 1.54) is 23.5 Å². The molecular formula is C25H27FN5O5PS. The van der Waals surface area contributed by atoms with Crippen LogP contribution in [0.1, 0.15) is 65.4 Å². The van der Waals surface area contributed by atoms with Crippen LogP contribution in [-0.4, -0.2) is 60.2 Å². The van der Waals surface area contributed by atoms with Crippen LogP contribution in [0.2, 0.25) is 0 Å². The molecule has 200 valence electrons. The number of aromatic nitrogens is 4. The number of carbonyl (C=O) groups is 2. The number of hydrogen-bond acceptors (Lipinski definition) is 9. The first-order valence-corrected chi connectivity index (χ1v) is 13.2. The van der Waals surface area contributed by atoms with Gasteiger partial charge in [-0.2, -0.15) is 0 Å². The molecule has 10 nitrogen and oxygen atoms in total. The quantitative estimate of drug-likeness (QED) is 0.480. The third-order valence-corrected chi connectivity index (χ3v) is 7.68. The fourth-order valence-electron chi connectivity index (χ4n) is 4.93. The van der Waals surface area contributed by atoms with Crippen LogP contribution in [0.25, 0.3) is 11.3 Å². The van der Waals surface area contributed by atoms with Gasteiger partial charge >= 0.3 is 6.09 Å². The Hall–Kier alpha value is -3.08. The molecule has 2 atom stereocenters. The first kappa shape index (κ1) is 26.5. The number of nitrogens with zero attached hydrogens (tertiary/aromatic N) is 5. The number of ether oxygens (including phenoxy) is 2. The fourth-order valence-corrected chi connectivity index (χ4v) is 6.02. The predicted molar refractivity (Wildman–Crippen MR) is 142 cm³/mol. The molecule has 2 unspecified atom stereocenters. The number of fused-ring (bicyclic) bond motifs is 5. The van der Waals surface area contributed by atoms with Gasteiger partial charge in [0.15, 0.2) is 12.3 Å². The molecule has 2 amide bonds. The van der Waals surface area contributed by atoms with Crippen molar-refractivity contribution in [3.05, 3.63) is 52.4 Å². The van der Waals surface area contributed by atoms with E-state index in [-0.39, 0.29) is 25.3 Å². The first-order chi connectivity index (χ1) is 18.1. The molecule has 0 saturated carbocycles. The van der Waals surface area contributed by atoms with E-state index in [9.17, 15) is 18.6 Å². The van der Waals surface area contributed by atoms with Crippen molar-refractivity contribution in [1.29, 1.82) is 0 Å². The Morgan fingerprint density at radius 2 is 1.97 bits per heavy atom. The number of aliphatic hydroxyl groups excluding tert-OH is 1. The summed E-state index contributed by atoms with van der Waals surface area (Å²) in [5.41, 5.74) is 3.43. The van der Waals surface area contributed by atoms with Gasteiger partial charge in [0.1, 0.15) is 18.0 Å². The molecule has 0 saturated heterocycles. The van der Waals surface area contributed by atoms with Crippen LogP contribution in [-0.2, 0) is 24.0 Å². The van der Waals surface area contributed by atoms with Crippen molar-refractivity contribution >= 4 is 38.9 Å². The maximum absolute atomic E-state index is 14.5. The molecule has 1 aliphatic carbocycles. The standard InChI is InChI=1S/C25H27FN5O5PS/c1-25(2,3)36-24(34)30-8-7-15-18(23(30)33)13-6-5-12-10-27-19(22(37)17(12)20(13)31(15)38-26)21(32)14-9-16(35-4)29-11-28-14/h9-11,21,32H,5-8,37H2,1-4H3. The number of halogens is 1. The lowest BCUT2D eigenvalue weighted by Crippen LogP contribution is -2.45. The Bertz CT molecular complexity index is 1460. The topological polar surface area (TPSA) is 120 Å². The van der Waals surface area contributed by atoms with E-state index in [0.717, 1.165) is 10.5 Å². The summed E-state index contributed by atoms with van der Waals surface area (Å²) < 4.78 is 26.5. The Balaban J connectivity index is 1.61. The largest absolute Gasteiger partial charge is 0.481 e. The number of aliphatic hydroxyl groups is 1. The second-order valence-corrected chi connectivity index (χ2v) is 11.1. The van der Waals surface area contributed by atoms with Crippen molar-refractivity contribution in [3.8, 4) is 17.1 Å². The summed E-state index contributed by atoms with van der Waals surface area (Å²) in [5.74, 6) is -0.205. The van der Waals surface area contributed by atoms with Crippen LogP contribution in [0.3, 0.4) is 0 Å². The van der Waals surface area contributed by atoms with Gasteiger partial charge in [-0.25, -0.2) is 19.7 Å². The summed E-state index contributed by atoms with van der Waals surface area (Å²) in [7, 11) is 4.07. The Labute approximate surface area is 225 Å². The summed E-state index contributed by atoms with van der Waals surface area (Å²) in [6, 6.07) is 1.52. The van der Waals surface area contributed by atoms with Crippen LogP contribution in [0.4, 0.5) is 8.68 Å². The van der Waals surface area contributed by atoms with Gasteiger partial charge in [-0.15, -0.1) is 13.1 Å². The average Bonchev–Trinajstić information content (AvgIpc) is 3.22. The number of amides is 2. The predicted octanol–water partition coefficient (Wildman–Crippen LogP) is 3.34. The normalized spacial score (nSPS) is 15.4. The SMILES string of the molecule is COc1cc(C(O)c2ncc3c(c2P)-c2c(c4c(n2SF)CCN(C(=O)OC(C)(C)C)C4=O)CC3)ncn1. The molecular weight excluding hydrogens is 532 g/mol. The zero-order valence-electron chi connectivity index (χ0n) is 21.3. The number of rotatable bonds is 4. The van der Waals surface area contributed by atoms with Crippen LogP contribution in [0, 0.1) is 0 Å². The fraction of sp³-hybridized carbons (Fsp3) is 0.400. The summed E-state index contributed by atoms with van der Waals surface area (Å²) >= 11 is 0.0147. The van der Waals surface area contributed by atoms with Gasteiger partial charge in [-0.1, -0.05) is 0 Å². The van der Waals surface area contributed by atoms with Crippen LogP contribution < -0.4 is 10.0 Å². The van der Waals surface area contributed by atoms with Crippen molar-refractivity contribution in [3.63, 3.8) is 0 Å². The lowest BCUT2D eigenvalue weighted by molar-refractivity contribution is 0.0232. The third kappa shape index (κ3) is 4.44. The van der Waals surface area contributed by atoms with Crippen LogP contribution >= 0.6 is 21.6 Å². The summed E-state index contributed by atoms with van der Waals surface area (Å²) in [6.45, 7) is 5.29. The number of methoxy groups -OCH3 is 1. The maximum Gasteiger partial charge on any atom is 0.417 e. The van der Waals surface area contributed by atoms with Crippen molar-refractivity contribution < 1.29 is 28.1 Å². The minimum absolute atomic E-state index is 0.0147. The Morgan fingerprint density at radius 1 is 1.21 bits per heavy atom. The minimum Gasteiger partial charge on any atom is -0.481 e. The van der Waals surface area contributed by atoms with Gasteiger partial charge in [-0.05, 0) is 44.7 Å². The number of carbonyl (C=O) groups excluding carboxylic acids is 2. The molecule has 2 aliphatic rings. The van der Waals surface area contributed by atoms with E-state index in [4.69, 9.17) is 9.47 Å². The monoisotopic (exact) mass is 559 g/mol. The van der Waals surface area contributed by atoms with E-state index in [1.54, 1.807) is 27.0 Å². The third-order valence-electron chi connectivity index (χ3n) is 6.56. The lowest BCUT2D eigenvalue weighted by atomic mass is 9.87. The van der Waals surface area contributed by atoms with Gasteiger partial charge < -0.3 is 14.6 Å². The molecule has 0 radical (unpaired) electrons. The minimum atomic E-state index is -1.20. The second kappa shape index (κ2) is 9.91. The molecule has 3 aromatic heterocycles. The highest BCUT2D eigenvalue weighted by atomic mass is 32.2. The summed E-state index contributed by atoms with van der Waals surface area (Å²) in [4.78, 5) is 40.0. The molecule has 38 heavy (non-hydrogen) atoms. The Kier molecular flexibility index (Phi) is 6.91. The number of pyridine rings is 1. The molecule has 1 aliphatic heterocycles. The molecule has 5 rings (SSSR count). The molecule has 3 aromatic rings. The van der Waals surface area contributed by atoms with Crippen molar-refractivity contribution in [2.24, 2.45) is 0 Å². The highest BCUT2D eigenvalue weighted by Gasteiger charge is 2.40. The van der Waals surface area contributed by atoms with Crippen molar-refractivity contribution in [2.45, 2.75) is 51.7 Å². The molecule has 0 spiro atoms. The molecule has 4 heterocycles.